The molecule has 0 aliphatic heterocycles. The Morgan fingerprint density at radius 2 is 2.12 bits per heavy atom. The second-order valence-electron chi connectivity index (χ2n) is 5.71. The van der Waals surface area contributed by atoms with Gasteiger partial charge in [0.2, 0.25) is 0 Å². The Hall–Kier alpha value is -0.830. The minimum atomic E-state index is 0.393. The van der Waals surface area contributed by atoms with Crippen molar-refractivity contribution in [3.8, 4) is 0 Å². The molecule has 0 unspecified atom stereocenters. The molecule has 0 aliphatic carbocycles. The van der Waals surface area contributed by atoms with Crippen molar-refractivity contribution in [1.82, 2.24) is 15.1 Å². The molecule has 0 fully saturated rings. The lowest BCUT2D eigenvalue weighted by atomic mass is 9.87. The molecule has 0 saturated heterocycles. The van der Waals surface area contributed by atoms with Crippen molar-refractivity contribution in [2.24, 2.45) is 12.5 Å². The first-order chi connectivity index (χ1) is 8.03. The Morgan fingerprint density at radius 3 is 2.71 bits per heavy atom. The van der Waals surface area contributed by atoms with Gasteiger partial charge in [-0.25, -0.2) is 0 Å². The third-order valence-electron chi connectivity index (χ3n) is 3.14. The van der Waals surface area contributed by atoms with E-state index in [1.807, 2.05) is 17.9 Å². The summed E-state index contributed by atoms with van der Waals surface area (Å²) in [4.78, 5) is 0. The molecule has 0 radical (unpaired) electrons. The Morgan fingerprint density at radius 1 is 1.35 bits per heavy atom. The summed E-state index contributed by atoms with van der Waals surface area (Å²) < 4.78 is 1.85. The SMILES string of the molecule is CCCCCC(C)(C)CNCc1ccn(C)n1. The third-order valence-corrected chi connectivity index (χ3v) is 3.14. The van der Waals surface area contributed by atoms with Crippen LogP contribution < -0.4 is 5.32 Å². The maximum atomic E-state index is 4.36. The topological polar surface area (TPSA) is 29.9 Å². The van der Waals surface area contributed by atoms with Crippen LogP contribution in [-0.4, -0.2) is 16.3 Å². The van der Waals surface area contributed by atoms with Crippen LogP contribution in [0.3, 0.4) is 0 Å². The Balaban J connectivity index is 2.20. The Kier molecular flexibility index (Phi) is 5.69. The van der Waals surface area contributed by atoms with E-state index in [1.54, 1.807) is 0 Å². The van der Waals surface area contributed by atoms with Crippen LogP contribution in [0.4, 0.5) is 0 Å². The second kappa shape index (κ2) is 6.80. The van der Waals surface area contributed by atoms with Gasteiger partial charge in [-0.2, -0.15) is 5.10 Å². The van der Waals surface area contributed by atoms with E-state index in [0.29, 0.717) is 5.41 Å². The number of aromatic nitrogens is 2. The van der Waals surface area contributed by atoms with Gasteiger partial charge in [0.05, 0.1) is 5.69 Å². The summed E-state index contributed by atoms with van der Waals surface area (Å²) in [5.41, 5.74) is 1.51. The zero-order valence-corrected chi connectivity index (χ0v) is 11.8. The highest BCUT2D eigenvalue weighted by molar-refractivity contribution is 4.98. The molecular formula is C14H27N3. The monoisotopic (exact) mass is 237 g/mol. The average molecular weight is 237 g/mol. The summed E-state index contributed by atoms with van der Waals surface area (Å²) in [5.74, 6) is 0. The quantitative estimate of drug-likeness (QED) is 0.704. The fourth-order valence-corrected chi connectivity index (χ4v) is 2.03. The van der Waals surface area contributed by atoms with Gasteiger partial charge in [0.1, 0.15) is 0 Å². The first-order valence-electron chi connectivity index (χ1n) is 6.73. The Bertz CT molecular complexity index is 315. The molecule has 0 amide bonds. The Labute approximate surface area is 106 Å². The molecule has 0 atom stereocenters. The molecule has 0 aromatic carbocycles. The van der Waals surface area contributed by atoms with E-state index in [4.69, 9.17) is 0 Å². The van der Waals surface area contributed by atoms with Crippen molar-refractivity contribution in [3.05, 3.63) is 18.0 Å². The van der Waals surface area contributed by atoms with Crippen molar-refractivity contribution in [2.75, 3.05) is 6.54 Å². The predicted molar refractivity (Wildman–Crippen MR) is 72.8 cm³/mol. The van der Waals surface area contributed by atoms with Gasteiger partial charge in [0.15, 0.2) is 0 Å². The van der Waals surface area contributed by atoms with E-state index in [1.165, 1.54) is 25.7 Å². The van der Waals surface area contributed by atoms with Crippen LogP contribution in [0.1, 0.15) is 52.1 Å². The van der Waals surface area contributed by atoms with Crippen LogP contribution in [0.2, 0.25) is 0 Å². The van der Waals surface area contributed by atoms with Crippen LogP contribution in [-0.2, 0) is 13.6 Å². The molecule has 1 N–H and O–H groups in total. The number of aryl methyl sites for hydroxylation is 1. The maximum Gasteiger partial charge on any atom is 0.0762 e. The van der Waals surface area contributed by atoms with E-state index in [9.17, 15) is 0 Å². The van der Waals surface area contributed by atoms with E-state index in [0.717, 1.165) is 18.8 Å². The number of hydrogen-bond acceptors (Lipinski definition) is 2. The van der Waals surface area contributed by atoms with Crippen LogP contribution in [0.15, 0.2) is 12.3 Å². The number of rotatable bonds is 8. The average Bonchev–Trinajstić information content (AvgIpc) is 2.64. The number of nitrogens with one attached hydrogen (secondary N) is 1. The van der Waals surface area contributed by atoms with Crippen LogP contribution in [0, 0.1) is 5.41 Å². The fourth-order valence-electron chi connectivity index (χ4n) is 2.03. The van der Waals surface area contributed by atoms with Crippen molar-refractivity contribution < 1.29 is 0 Å². The molecule has 0 saturated carbocycles. The molecule has 17 heavy (non-hydrogen) atoms. The summed E-state index contributed by atoms with van der Waals surface area (Å²) in [5, 5.41) is 7.87. The first kappa shape index (κ1) is 14.2. The number of hydrogen-bond donors (Lipinski definition) is 1. The van der Waals surface area contributed by atoms with E-state index in [-0.39, 0.29) is 0 Å². The smallest absolute Gasteiger partial charge is 0.0762 e. The second-order valence-corrected chi connectivity index (χ2v) is 5.71. The molecule has 3 heteroatoms. The van der Waals surface area contributed by atoms with Crippen molar-refractivity contribution >= 4 is 0 Å². The fraction of sp³-hybridized carbons (Fsp3) is 0.786. The molecule has 1 aromatic heterocycles. The van der Waals surface area contributed by atoms with Crippen molar-refractivity contribution in [2.45, 2.75) is 53.0 Å². The molecule has 3 nitrogen and oxygen atoms in total. The summed E-state index contributed by atoms with van der Waals surface area (Å²) in [6.45, 7) is 8.87. The molecule has 1 aromatic rings. The van der Waals surface area contributed by atoms with Crippen LogP contribution in [0.25, 0.3) is 0 Å². The highest BCUT2D eigenvalue weighted by atomic mass is 15.3. The van der Waals surface area contributed by atoms with E-state index in [2.05, 4.69) is 37.3 Å². The zero-order chi connectivity index (χ0) is 12.7. The molecule has 98 valence electrons. The number of unbranched alkanes of at least 4 members (excludes halogenated alkanes) is 2. The third kappa shape index (κ3) is 5.87. The van der Waals surface area contributed by atoms with E-state index >= 15 is 0 Å². The molecular weight excluding hydrogens is 210 g/mol. The normalized spacial score (nSPS) is 12.0. The summed E-state index contributed by atoms with van der Waals surface area (Å²) >= 11 is 0. The van der Waals surface area contributed by atoms with Gasteiger partial charge in [0, 0.05) is 26.3 Å². The van der Waals surface area contributed by atoms with Crippen LogP contribution in [0.5, 0.6) is 0 Å². The van der Waals surface area contributed by atoms with Gasteiger partial charge in [-0.05, 0) is 17.9 Å². The van der Waals surface area contributed by atoms with Crippen molar-refractivity contribution in [3.63, 3.8) is 0 Å². The molecule has 1 rings (SSSR count). The van der Waals surface area contributed by atoms with Gasteiger partial charge < -0.3 is 5.32 Å². The lowest BCUT2D eigenvalue weighted by Gasteiger charge is -2.24. The first-order valence-corrected chi connectivity index (χ1v) is 6.73. The maximum absolute atomic E-state index is 4.36. The lowest BCUT2D eigenvalue weighted by Crippen LogP contribution is -2.29. The van der Waals surface area contributed by atoms with Gasteiger partial charge in [-0.1, -0.05) is 40.0 Å². The molecule has 1 heterocycles. The van der Waals surface area contributed by atoms with Gasteiger partial charge in [0.25, 0.3) is 0 Å². The highest BCUT2D eigenvalue weighted by Crippen LogP contribution is 2.22. The number of nitrogens with zero attached hydrogens (tertiary/aromatic N) is 2. The van der Waals surface area contributed by atoms with E-state index < -0.39 is 0 Å². The predicted octanol–water partition coefficient (Wildman–Crippen LogP) is 3.12. The van der Waals surface area contributed by atoms with Gasteiger partial charge >= 0.3 is 0 Å². The molecule has 0 spiro atoms. The zero-order valence-electron chi connectivity index (χ0n) is 11.8. The summed E-state index contributed by atoms with van der Waals surface area (Å²) in [6.07, 6.45) is 7.29. The highest BCUT2D eigenvalue weighted by Gasteiger charge is 2.16. The minimum Gasteiger partial charge on any atom is -0.311 e. The molecule has 0 aliphatic rings. The van der Waals surface area contributed by atoms with Gasteiger partial charge in [-0.15, -0.1) is 0 Å². The lowest BCUT2D eigenvalue weighted by molar-refractivity contribution is 0.301. The minimum absolute atomic E-state index is 0.393. The largest absolute Gasteiger partial charge is 0.311 e. The van der Waals surface area contributed by atoms with Crippen molar-refractivity contribution in [1.29, 1.82) is 0 Å². The van der Waals surface area contributed by atoms with Crippen LogP contribution >= 0.6 is 0 Å². The standard InChI is InChI=1S/C14H27N3/c1-5-6-7-9-14(2,3)12-15-11-13-8-10-17(4)16-13/h8,10,15H,5-7,9,11-12H2,1-4H3. The summed E-state index contributed by atoms with van der Waals surface area (Å²) in [7, 11) is 1.96. The summed E-state index contributed by atoms with van der Waals surface area (Å²) in [6, 6.07) is 2.07. The molecule has 0 bridgehead atoms. The van der Waals surface area contributed by atoms with Gasteiger partial charge in [-0.3, -0.25) is 4.68 Å².